The molecule has 0 heterocycles. The van der Waals surface area contributed by atoms with Crippen LogP contribution in [0.15, 0.2) is 47.6 Å². The molecule has 0 amide bonds. The number of anilines is 1. The van der Waals surface area contributed by atoms with Gasteiger partial charge in [-0.2, -0.15) is 5.10 Å². The number of ether oxygens (including phenoxy) is 3. The van der Waals surface area contributed by atoms with Gasteiger partial charge in [-0.25, -0.2) is 0 Å². The van der Waals surface area contributed by atoms with Gasteiger partial charge in [-0.3, -0.25) is 5.43 Å². The summed E-state index contributed by atoms with van der Waals surface area (Å²) >= 11 is 0. The lowest BCUT2D eigenvalue weighted by atomic mass is 10.2. The quantitative estimate of drug-likeness (QED) is 0.345. The second-order valence-corrected chi connectivity index (χ2v) is 5.92. The van der Waals surface area contributed by atoms with Crippen LogP contribution in [-0.2, 0) is 0 Å². The number of unbranched alkanes of at least 4 members (excludes halogenated alkanes) is 3. The molecule has 0 radical (unpaired) electrons. The number of nitrogens with one attached hydrogen (secondary N) is 1. The van der Waals surface area contributed by atoms with Gasteiger partial charge >= 0.3 is 0 Å². The van der Waals surface area contributed by atoms with Crippen LogP contribution in [0, 0.1) is 0 Å². The molecule has 0 bridgehead atoms. The van der Waals surface area contributed by atoms with Crippen LogP contribution >= 0.6 is 0 Å². The number of hydrogen-bond donors (Lipinski definition) is 1. The Hall–Kier alpha value is -2.69. The number of nitrogens with zero attached hydrogens (tertiary/aromatic N) is 1. The molecule has 0 aliphatic rings. The predicted octanol–water partition coefficient (Wildman–Crippen LogP) is 5.11. The molecule has 0 atom stereocenters. The van der Waals surface area contributed by atoms with E-state index in [4.69, 9.17) is 14.2 Å². The van der Waals surface area contributed by atoms with Gasteiger partial charge in [0.25, 0.3) is 0 Å². The van der Waals surface area contributed by atoms with Crippen LogP contribution in [0.3, 0.4) is 0 Å². The summed E-state index contributed by atoms with van der Waals surface area (Å²) in [6.45, 7) is 2.91. The Balaban J connectivity index is 1.90. The van der Waals surface area contributed by atoms with E-state index < -0.39 is 0 Å². The van der Waals surface area contributed by atoms with E-state index in [1.165, 1.54) is 19.3 Å². The summed E-state index contributed by atoms with van der Waals surface area (Å²) in [5.41, 5.74) is 4.81. The van der Waals surface area contributed by atoms with Gasteiger partial charge in [-0.1, -0.05) is 26.2 Å². The lowest BCUT2D eigenvalue weighted by Gasteiger charge is -2.11. The maximum Gasteiger partial charge on any atom is 0.161 e. The van der Waals surface area contributed by atoms with E-state index in [9.17, 15) is 0 Å². The van der Waals surface area contributed by atoms with Crippen molar-refractivity contribution in [1.29, 1.82) is 0 Å². The smallest absolute Gasteiger partial charge is 0.161 e. The zero-order valence-corrected chi connectivity index (χ0v) is 15.8. The van der Waals surface area contributed by atoms with E-state index in [2.05, 4.69) is 17.5 Å². The lowest BCUT2D eigenvalue weighted by Crippen LogP contribution is -2.00. The Morgan fingerprint density at radius 1 is 0.923 bits per heavy atom. The molecule has 0 spiro atoms. The van der Waals surface area contributed by atoms with Crippen LogP contribution < -0.4 is 19.6 Å². The number of benzene rings is 2. The van der Waals surface area contributed by atoms with Crippen molar-refractivity contribution in [2.45, 2.75) is 32.6 Å². The minimum Gasteiger partial charge on any atom is -0.497 e. The van der Waals surface area contributed by atoms with Gasteiger partial charge in [-0.05, 0) is 54.4 Å². The van der Waals surface area contributed by atoms with E-state index in [1.54, 1.807) is 20.4 Å². The number of rotatable bonds is 11. The molecule has 0 saturated carbocycles. The average molecular weight is 356 g/mol. The van der Waals surface area contributed by atoms with Crippen LogP contribution in [0.5, 0.6) is 17.2 Å². The molecule has 5 heteroatoms. The Morgan fingerprint density at radius 3 is 2.42 bits per heavy atom. The van der Waals surface area contributed by atoms with Crippen LogP contribution in [0.1, 0.15) is 38.2 Å². The highest BCUT2D eigenvalue weighted by Gasteiger charge is 2.05. The largest absolute Gasteiger partial charge is 0.497 e. The second-order valence-electron chi connectivity index (χ2n) is 5.92. The molecule has 0 fully saturated rings. The molecule has 26 heavy (non-hydrogen) atoms. The fourth-order valence-electron chi connectivity index (χ4n) is 2.44. The first kappa shape index (κ1) is 19.6. The van der Waals surface area contributed by atoms with Crippen molar-refractivity contribution in [3.05, 3.63) is 48.0 Å². The van der Waals surface area contributed by atoms with Crippen LogP contribution in [0.4, 0.5) is 5.69 Å². The van der Waals surface area contributed by atoms with Gasteiger partial charge in [0.15, 0.2) is 11.5 Å². The van der Waals surface area contributed by atoms with E-state index >= 15 is 0 Å². The van der Waals surface area contributed by atoms with Crippen molar-refractivity contribution in [2.75, 3.05) is 26.3 Å². The van der Waals surface area contributed by atoms with Crippen molar-refractivity contribution in [3.8, 4) is 17.2 Å². The Labute approximate surface area is 156 Å². The molecule has 140 valence electrons. The van der Waals surface area contributed by atoms with Gasteiger partial charge < -0.3 is 14.2 Å². The summed E-state index contributed by atoms with van der Waals surface area (Å²) in [7, 11) is 3.29. The summed E-state index contributed by atoms with van der Waals surface area (Å²) in [5, 5.41) is 4.26. The first-order valence-corrected chi connectivity index (χ1v) is 9.00. The molecule has 0 unspecified atom stereocenters. The Bertz CT molecular complexity index is 684. The third kappa shape index (κ3) is 6.31. The normalized spacial score (nSPS) is 10.7. The highest BCUT2D eigenvalue weighted by molar-refractivity contribution is 5.81. The SMILES string of the molecule is CCCCCCOc1ccc(/C=N/Nc2ccc(OC)cc2)cc1OC. The number of methoxy groups -OCH3 is 2. The molecule has 0 aliphatic carbocycles. The molecule has 5 nitrogen and oxygen atoms in total. The highest BCUT2D eigenvalue weighted by atomic mass is 16.5. The zero-order valence-electron chi connectivity index (χ0n) is 15.8. The zero-order chi connectivity index (χ0) is 18.6. The van der Waals surface area contributed by atoms with Crippen LogP contribution in [0.25, 0.3) is 0 Å². The molecular weight excluding hydrogens is 328 g/mol. The lowest BCUT2D eigenvalue weighted by molar-refractivity contribution is 0.285. The molecule has 0 aromatic heterocycles. The van der Waals surface area contributed by atoms with E-state index in [0.29, 0.717) is 12.4 Å². The summed E-state index contributed by atoms with van der Waals surface area (Å²) in [6, 6.07) is 13.4. The number of hydrogen-bond acceptors (Lipinski definition) is 5. The predicted molar refractivity (Wildman–Crippen MR) is 107 cm³/mol. The Morgan fingerprint density at radius 2 is 1.73 bits per heavy atom. The van der Waals surface area contributed by atoms with E-state index in [-0.39, 0.29) is 0 Å². The van der Waals surface area contributed by atoms with Gasteiger partial charge in [0.1, 0.15) is 5.75 Å². The Kier molecular flexibility index (Phi) is 8.33. The summed E-state index contributed by atoms with van der Waals surface area (Å²) in [4.78, 5) is 0. The van der Waals surface area contributed by atoms with Gasteiger partial charge in [0.2, 0.25) is 0 Å². The topological polar surface area (TPSA) is 52.1 Å². The van der Waals surface area contributed by atoms with E-state index in [0.717, 1.165) is 29.2 Å². The van der Waals surface area contributed by atoms with Gasteiger partial charge in [-0.15, -0.1) is 0 Å². The maximum absolute atomic E-state index is 5.83. The molecule has 2 rings (SSSR count). The summed E-state index contributed by atoms with van der Waals surface area (Å²) < 4.78 is 16.4. The minimum atomic E-state index is 0.711. The molecule has 0 aliphatic heterocycles. The van der Waals surface area contributed by atoms with Crippen molar-refractivity contribution in [3.63, 3.8) is 0 Å². The van der Waals surface area contributed by atoms with Crippen molar-refractivity contribution in [1.82, 2.24) is 0 Å². The van der Waals surface area contributed by atoms with E-state index in [1.807, 2.05) is 42.5 Å². The maximum atomic E-state index is 5.83. The molecule has 1 N–H and O–H groups in total. The summed E-state index contributed by atoms with van der Waals surface area (Å²) in [6.07, 6.45) is 6.48. The third-order valence-electron chi connectivity index (χ3n) is 3.94. The van der Waals surface area contributed by atoms with Gasteiger partial charge in [0, 0.05) is 0 Å². The standard InChI is InChI=1S/C21H28N2O3/c1-4-5-6-7-14-26-20-13-8-17(15-21(20)25-3)16-22-23-18-9-11-19(24-2)12-10-18/h8-13,15-16,23H,4-7,14H2,1-3H3/b22-16+. The third-order valence-corrected chi connectivity index (χ3v) is 3.94. The van der Waals surface area contributed by atoms with Crippen molar-refractivity contribution < 1.29 is 14.2 Å². The second kappa shape index (κ2) is 11.0. The first-order valence-electron chi connectivity index (χ1n) is 9.00. The summed E-state index contributed by atoms with van der Waals surface area (Å²) in [5.74, 6) is 2.30. The number of hydrazone groups is 1. The highest BCUT2D eigenvalue weighted by Crippen LogP contribution is 2.28. The fourth-order valence-corrected chi connectivity index (χ4v) is 2.44. The fraction of sp³-hybridized carbons (Fsp3) is 0.381. The first-order chi connectivity index (χ1) is 12.8. The molecule has 0 saturated heterocycles. The molecule has 2 aromatic rings. The van der Waals surface area contributed by atoms with Crippen LogP contribution in [-0.4, -0.2) is 27.0 Å². The van der Waals surface area contributed by atoms with Crippen molar-refractivity contribution in [2.24, 2.45) is 5.10 Å². The molecule has 2 aromatic carbocycles. The van der Waals surface area contributed by atoms with Crippen molar-refractivity contribution >= 4 is 11.9 Å². The van der Waals surface area contributed by atoms with Gasteiger partial charge in [0.05, 0.1) is 32.7 Å². The average Bonchev–Trinajstić information content (AvgIpc) is 2.69. The minimum absolute atomic E-state index is 0.711. The van der Waals surface area contributed by atoms with Crippen LogP contribution in [0.2, 0.25) is 0 Å². The molecular formula is C21H28N2O3. The monoisotopic (exact) mass is 356 g/mol.